The van der Waals surface area contributed by atoms with Crippen molar-refractivity contribution in [2.75, 3.05) is 11.9 Å². The van der Waals surface area contributed by atoms with Gasteiger partial charge in [-0.05, 0) is 19.1 Å². The minimum absolute atomic E-state index is 0.294. The Morgan fingerprint density at radius 3 is 2.53 bits per heavy atom. The first-order valence-corrected chi connectivity index (χ1v) is 6.97. The lowest BCUT2D eigenvalue weighted by molar-refractivity contribution is 0.487. The van der Waals surface area contributed by atoms with Crippen LogP contribution in [0.2, 0.25) is 0 Å². The number of aromatic nitrogens is 3. The van der Waals surface area contributed by atoms with Crippen LogP contribution in [0, 0.1) is 0 Å². The smallest absolute Gasteiger partial charge is 0.150 e. The zero-order valence-corrected chi connectivity index (χ0v) is 11.9. The molecule has 0 aliphatic carbocycles. The molecule has 2 rings (SSSR count). The van der Waals surface area contributed by atoms with Crippen LogP contribution in [0.15, 0.2) is 30.3 Å². The van der Waals surface area contributed by atoms with E-state index in [0.717, 1.165) is 36.7 Å². The summed E-state index contributed by atoms with van der Waals surface area (Å²) in [6.45, 7) is 7.23. The molecular weight excluding hydrogens is 236 g/mol. The molecule has 0 fully saturated rings. The molecule has 1 aromatic heterocycles. The summed E-state index contributed by atoms with van der Waals surface area (Å²) in [5.41, 5.74) is 1.14. The monoisotopic (exact) mass is 258 g/mol. The molecule has 0 spiro atoms. The van der Waals surface area contributed by atoms with Gasteiger partial charge in [0.1, 0.15) is 5.82 Å². The zero-order chi connectivity index (χ0) is 13.7. The molecule has 1 unspecified atom stereocenters. The molecule has 19 heavy (non-hydrogen) atoms. The van der Waals surface area contributed by atoms with Crippen LogP contribution in [0.1, 0.15) is 38.5 Å². The van der Waals surface area contributed by atoms with Gasteiger partial charge in [0.05, 0.1) is 6.04 Å². The Hall–Kier alpha value is -1.84. The fourth-order valence-electron chi connectivity index (χ4n) is 2.06. The lowest BCUT2D eigenvalue weighted by Crippen LogP contribution is -2.19. The van der Waals surface area contributed by atoms with Gasteiger partial charge in [0.25, 0.3) is 0 Å². The van der Waals surface area contributed by atoms with Crippen molar-refractivity contribution < 1.29 is 0 Å². The van der Waals surface area contributed by atoms with E-state index in [4.69, 9.17) is 0 Å². The third-order valence-corrected chi connectivity index (χ3v) is 3.17. The molecule has 1 N–H and O–H groups in total. The zero-order valence-electron chi connectivity index (χ0n) is 11.9. The lowest BCUT2D eigenvalue weighted by Gasteiger charge is -2.15. The van der Waals surface area contributed by atoms with Gasteiger partial charge in [-0.2, -0.15) is 5.10 Å². The van der Waals surface area contributed by atoms with Crippen molar-refractivity contribution in [3.05, 3.63) is 42.0 Å². The van der Waals surface area contributed by atoms with Gasteiger partial charge in [0.15, 0.2) is 5.82 Å². The van der Waals surface area contributed by atoms with Gasteiger partial charge >= 0.3 is 0 Å². The highest BCUT2D eigenvalue weighted by molar-refractivity contribution is 5.42. The standard InChI is InChI=1S/C15H22N4/c1-4-14-17-15(5-2)19(18-14)12(3)11-16-13-9-7-6-8-10-13/h6-10,12,16H,4-5,11H2,1-3H3. The number of nitrogens with one attached hydrogen (secondary N) is 1. The summed E-state index contributed by atoms with van der Waals surface area (Å²) in [6.07, 6.45) is 1.81. The van der Waals surface area contributed by atoms with E-state index in [0.29, 0.717) is 6.04 Å². The van der Waals surface area contributed by atoms with Gasteiger partial charge in [0, 0.05) is 25.1 Å². The molecule has 0 saturated carbocycles. The maximum atomic E-state index is 4.58. The Labute approximate surface area is 114 Å². The van der Waals surface area contributed by atoms with E-state index in [9.17, 15) is 0 Å². The van der Waals surface area contributed by atoms with E-state index in [1.165, 1.54) is 0 Å². The number of nitrogens with zero attached hydrogens (tertiary/aromatic N) is 3. The van der Waals surface area contributed by atoms with Crippen molar-refractivity contribution in [1.82, 2.24) is 14.8 Å². The maximum Gasteiger partial charge on any atom is 0.150 e. The maximum absolute atomic E-state index is 4.58. The highest BCUT2D eigenvalue weighted by atomic mass is 15.4. The van der Waals surface area contributed by atoms with Gasteiger partial charge in [-0.25, -0.2) is 9.67 Å². The van der Waals surface area contributed by atoms with E-state index in [1.807, 2.05) is 18.2 Å². The third kappa shape index (κ3) is 3.34. The molecule has 0 saturated heterocycles. The highest BCUT2D eigenvalue weighted by Gasteiger charge is 2.12. The van der Waals surface area contributed by atoms with Gasteiger partial charge in [-0.1, -0.05) is 32.0 Å². The quantitative estimate of drug-likeness (QED) is 0.866. The van der Waals surface area contributed by atoms with E-state index in [1.54, 1.807) is 0 Å². The number of rotatable bonds is 6. The first kappa shape index (κ1) is 13.6. The molecule has 4 heteroatoms. The van der Waals surface area contributed by atoms with Crippen LogP contribution in [0.25, 0.3) is 0 Å². The van der Waals surface area contributed by atoms with Gasteiger partial charge < -0.3 is 5.32 Å². The van der Waals surface area contributed by atoms with Crippen molar-refractivity contribution in [2.24, 2.45) is 0 Å². The fraction of sp³-hybridized carbons (Fsp3) is 0.467. The molecule has 4 nitrogen and oxygen atoms in total. The Morgan fingerprint density at radius 2 is 1.89 bits per heavy atom. The molecule has 2 aromatic rings. The normalized spacial score (nSPS) is 12.4. The van der Waals surface area contributed by atoms with Crippen LogP contribution in [0.5, 0.6) is 0 Å². The molecule has 102 valence electrons. The van der Waals surface area contributed by atoms with Gasteiger partial charge in [-0.3, -0.25) is 0 Å². The fourth-order valence-corrected chi connectivity index (χ4v) is 2.06. The third-order valence-electron chi connectivity index (χ3n) is 3.17. The lowest BCUT2D eigenvalue weighted by atomic mass is 10.3. The van der Waals surface area contributed by atoms with E-state index in [2.05, 4.69) is 53.0 Å². The first-order chi connectivity index (χ1) is 9.24. The molecule has 1 atom stereocenters. The molecule has 0 radical (unpaired) electrons. The molecule has 1 heterocycles. The molecule has 0 bridgehead atoms. The molecule has 1 aromatic carbocycles. The van der Waals surface area contributed by atoms with Crippen LogP contribution < -0.4 is 5.32 Å². The van der Waals surface area contributed by atoms with Crippen LogP contribution >= 0.6 is 0 Å². The minimum atomic E-state index is 0.294. The summed E-state index contributed by atoms with van der Waals surface area (Å²) < 4.78 is 2.05. The minimum Gasteiger partial charge on any atom is -0.383 e. The predicted molar refractivity (Wildman–Crippen MR) is 78.4 cm³/mol. The van der Waals surface area contributed by atoms with Crippen molar-refractivity contribution >= 4 is 5.69 Å². The SMILES string of the molecule is CCc1nc(CC)n(C(C)CNc2ccccc2)n1. The second-order valence-corrected chi connectivity index (χ2v) is 4.69. The van der Waals surface area contributed by atoms with Crippen molar-refractivity contribution in [2.45, 2.75) is 39.7 Å². The Bertz CT molecular complexity index is 504. The van der Waals surface area contributed by atoms with Crippen LogP contribution in [-0.4, -0.2) is 21.3 Å². The van der Waals surface area contributed by atoms with Gasteiger partial charge in [-0.15, -0.1) is 0 Å². The average Bonchev–Trinajstić information content (AvgIpc) is 2.89. The number of para-hydroxylation sites is 1. The molecule has 0 aliphatic heterocycles. The first-order valence-electron chi connectivity index (χ1n) is 6.97. The van der Waals surface area contributed by atoms with E-state index in [-0.39, 0.29) is 0 Å². The van der Waals surface area contributed by atoms with Crippen molar-refractivity contribution in [3.8, 4) is 0 Å². The molecule has 0 amide bonds. The Kier molecular flexibility index (Phi) is 4.55. The predicted octanol–water partition coefficient (Wildman–Crippen LogP) is 3.08. The largest absolute Gasteiger partial charge is 0.383 e. The molecular formula is C15H22N4. The average molecular weight is 258 g/mol. The number of anilines is 1. The van der Waals surface area contributed by atoms with Crippen LogP contribution in [-0.2, 0) is 12.8 Å². The van der Waals surface area contributed by atoms with E-state index >= 15 is 0 Å². The highest BCUT2D eigenvalue weighted by Crippen LogP contribution is 2.12. The summed E-state index contributed by atoms with van der Waals surface area (Å²) in [4.78, 5) is 4.55. The Morgan fingerprint density at radius 1 is 1.16 bits per heavy atom. The summed E-state index contributed by atoms with van der Waals surface area (Å²) in [5.74, 6) is 2.00. The van der Waals surface area contributed by atoms with Crippen molar-refractivity contribution in [3.63, 3.8) is 0 Å². The second kappa shape index (κ2) is 6.36. The second-order valence-electron chi connectivity index (χ2n) is 4.69. The van der Waals surface area contributed by atoms with Crippen molar-refractivity contribution in [1.29, 1.82) is 0 Å². The topological polar surface area (TPSA) is 42.7 Å². The van der Waals surface area contributed by atoms with Crippen LogP contribution in [0.4, 0.5) is 5.69 Å². The number of aryl methyl sites for hydroxylation is 2. The van der Waals surface area contributed by atoms with E-state index < -0.39 is 0 Å². The molecule has 0 aliphatic rings. The number of benzene rings is 1. The summed E-state index contributed by atoms with van der Waals surface area (Å²) in [6, 6.07) is 10.5. The van der Waals surface area contributed by atoms with Gasteiger partial charge in [0.2, 0.25) is 0 Å². The number of hydrogen-bond donors (Lipinski definition) is 1. The summed E-state index contributed by atoms with van der Waals surface area (Å²) in [7, 11) is 0. The Balaban J connectivity index is 2.03. The number of hydrogen-bond acceptors (Lipinski definition) is 3. The summed E-state index contributed by atoms with van der Waals surface area (Å²) >= 11 is 0. The summed E-state index contributed by atoms with van der Waals surface area (Å²) in [5, 5.41) is 8.01. The van der Waals surface area contributed by atoms with Crippen LogP contribution in [0.3, 0.4) is 0 Å².